The Bertz CT molecular complexity index is 402. The van der Waals surface area contributed by atoms with Gasteiger partial charge in [0, 0.05) is 25.7 Å². The van der Waals surface area contributed by atoms with Crippen LogP contribution in [0.1, 0.15) is 15.9 Å². The minimum Gasteiger partial charge on any atom is -0.508 e. The molecule has 0 spiro atoms. The average molecular weight is 236 g/mol. The van der Waals surface area contributed by atoms with Gasteiger partial charge < -0.3 is 14.9 Å². The van der Waals surface area contributed by atoms with Gasteiger partial charge in [0.25, 0.3) is 5.91 Å². The lowest BCUT2D eigenvalue weighted by Crippen LogP contribution is -2.33. The number of amides is 1. The number of aromatic hydroxyl groups is 1. The van der Waals surface area contributed by atoms with Crippen molar-refractivity contribution < 1.29 is 9.90 Å². The Morgan fingerprint density at radius 2 is 1.88 bits per heavy atom. The maximum atomic E-state index is 12.0. The molecule has 94 valence electrons. The molecule has 0 radical (unpaired) electrons. The van der Waals surface area contributed by atoms with E-state index in [0.717, 1.165) is 12.1 Å². The number of rotatable bonds is 4. The molecule has 0 unspecified atom stereocenters. The highest BCUT2D eigenvalue weighted by atomic mass is 16.3. The summed E-state index contributed by atoms with van der Waals surface area (Å²) in [5.74, 6) is 0.0963. The van der Waals surface area contributed by atoms with Crippen molar-refractivity contribution in [2.75, 3.05) is 34.2 Å². The first-order valence-electron chi connectivity index (χ1n) is 5.61. The quantitative estimate of drug-likeness (QED) is 0.858. The van der Waals surface area contributed by atoms with Crippen molar-refractivity contribution in [3.63, 3.8) is 0 Å². The second-order valence-corrected chi connectivity index (χ2v) is 4.53. The predicted molar refractivity (Wildman–Crippen MR) is 68.4 cm³/mol. The van der Waals surface area contributed by atoms with Crippen LogP contribution in [0, 0.1) is 6.92 Å². The van der Waals surface area contributed by atoms with E-state index in [1.807, 2.05) is 19.0 Å². The van der Waals surface area contributed by atoms with Crippen LogP contribution in [0.5, 0.6) is 5.75 Å². The summed E-state index contributed by atoms with van der Waals surface area (Å²) < 4.78 is 0. The van der Waals surface area contributed by atoms with Crippen LogP contribution >= 0.6 is 0 Å². The number of hydrogen-bond donors (Lipinski definition) is 1. The van der Waals surface area contributed by atoms with E-state index < -0.39 is 0 Å². The number of phenolic OH excluding ortho intramolecular Hbond substituents is 1. The van der Waals surface area contributed by atoms with Gasteiger partial charge in [-0.15, -0.1) is 0 Å². The first-order chi connectivity index (χ1) is 7.91. The number of carbonyl (C=O) groups excluding carboxylic acids is 1. The van der Waals surface area contributed by atoms with Crippen molar-refractivity contribution in [1.29, 1.82) is 0 Å². The van der Waals surface area contributed by atoms with Crippen LogP contribution in [0.3, 0.4) is 0 Å². The zero-order valence-corrected chi connectivity index (χ0v) is 10.9. The number of benzene rings is 1. The molecular formula is C13H20N2O2. The third-order valence-electron chi connectivity index (χ3n) is 2.69. The summed E-state index contributed by atoms with van der Waals surface area (Å²) in [6.45, 7) is 3.29. The van der Waals surface area contributed by atoms with E-state index in [1.165, 1.54) is 6.07 Å². The molecule has 0 heterocycles. The standard InChI is InChI=1S/C13H20N2O2/c1-10-5-6-11(9-12(10)16)13(17)15(4)8-7-14(2)3/h5-6,9,16H,7-8H2,1-4H3. The van der Waals surface area contributed by atoms with Gasteiger partial charge in [-0.05, 0) is 38.7 Å². The SMILES string of the molecule is Cc1ccc(C(=O)N(C)CCN(C)C)cc1O. The second-order valence-electron chi connectivity index (χ2n) is 4.53. The van der Waals surface area contributed by atoms with Gasteiger partial charge in [0.05, 0.1) is 0 Å². The van der Waals surface area contributed by atoms with Gasteiger partial charge in [-0.25, -0.2) is 0 Å². The molecule has 0 aromatic heterocycles. The predicted octanol–water partition coefficient (Wildman–Crippen LogP) is 1.33. The third-order valence-corrected chi connectivity index (χ3v) is 2.69. The molecule has 1 N–H and O–H groups in total. The Balaban J connectivity index is 2.71. The summed E-state index contributed by atoms with van der Waals surface area (Å²) in [7, 11) is 5.70. The fourth-order valence-electron chi connectivity index (χ4n) is 1.41. The Morgan fingerprint density at radius 1 is 1.24 bits per heavy atom. The van der Waals surface area contributed by atoms with E-state index >= 15 is 0 Å². The second kappa shape index (κ2) is 5.68. The maximum Gasteiger partial charge on any atom is 0.253 e. The molecule has 0 aliphatic rings. The maximum absolute atomic E-state index is 12.0. The molecule has 0 aliphatic carbocycles. The number of likely N-dealkylation sites (N-methyl/N-ethyl adjacent to an activating group) is 2. The molecule has 1 amide bonds. The largest absolute Gasteiger partial charge is 0.508 e. The van der Waals surface area contributed by atoms with Crippen molar-refractivity contribution in [2.24, 2.45) is 0 Å². The van der Waals surface area contributed by atoms with Crippen molar-refractivity contribution in [3.05, 3.63) is 29.3 Å². The Hall–Kier alpha value is -1.55. The fraction of sp³-hybridized carbons (Fsp3) is 0.462. The van der Waals surface area contributed by atoms with E-state index in [1.54, 1.807) is 31.0 Å². The lowest BCUT2D eigenvalue weighted by atomic mass is 10.1. The monoisotopic (exact) mass is 236 g/mol. The number of aryl methyl sites for hydroxylation is 1. The normalized spacial score (nSPS) is 10.6. The molecule has 17 heavy (non-hydrogen) atoms. The first-order valence-corrected chi connectivity index (χ1v) is 5.61. The van der Waals surface area contributed by atoms with E-state index in [0.29, 0.717) is 12.1 Å². The lowest BCUT2D eigenvalue weighted by molar-refractivity contribution is 0.0786. The number of phenols is 1. The summed E-state index contributed by atoms with van der Waals surface area (Å²) in [5.41, 5.74) is 1.30. The molecule has 0 fully saturated rings. The topological polar surface area (TPSA) is 43.8 Å². The third kappa shape index (κ3) is 3.75. The Morgan fingerprint density at radius 3 is 2.41 bits per heavy atom. The summed E-state index contributed by atoms with van der Waals surface area (Å²) in [6, 6.07) is 5.01. The number of nitrogens with zero attached hydrogens (tertiary/aromatic N) is 2. The summed E-state index contributed by atoms with van der Waals surface area (Å²) in [5, 5.41) is 9.57. The van der Waals surface area contributed by atoms with Gasteiger partial charge in [0.1, 0.15) is 5.75 Å². The highest BCUT2D eigenvalue weighted by Gasteiger charge is 2.12. The molecule has 1 rings (SSSR count). The van der Waals surface area contributed by atoms with Gasteiger partial charge in [-0.2, -0.15) is 0 Å². The number of hydrogen-bond acceptors (Lipinski definition) is 3. The van der Waals surface area contributed by atoms with Gasteiger partial charge in [0.15, 0.2) is 0 Å². The van der Waals surface area contributed by atoms with E-state index in [9.17, 15) is 9.90 Å². The lowest BCUT2D eigenvalue weighted by Gasteiger charge is -2.19. The van der Waals surface area contributed by atoms with Gasteiger partial charge in [-0.1, -0.05) is 6.07 Å². The molecule has 0 aliphatic heterocycles. The van der Waals surface area contributed by atoms with E-state index in [2.05, 4.69) is 0 Å². The van der Waals surface area contributed by atoms with Crippen LogP contribution in [0.25, 0.3) is 0 Å². The van der Waals surface area contributed by atoms with Crippen LogP contribution in [-0.4, -0.2) is 55.0 Å². The minimum absolute atomic E-state index is 0.0675. The van der Waals surface area contributed by atoms with Gasteiger partial charge >= 0.3 is 0 Å². The zero-order valence-electron chi connectivity index (χ0n) is 10.9. The number of carbonyl (C=O) groups is 1. The molecule has 1 aromatic rings. The van der Waals surface area contributed by atoms with Crippen molar-refractivity contribution in [2.45, 2.75) is 6.92 Å². The Labute approximate surface area is 102 Å². The van der Waals surface area contributed by atoms with Crippen LogP contribution in [0.4, 0.5) is 0 Å². The van der Waals surface area contributed by atoms with Crippen molar-refractivity contribution in [1.82, 2.24) is 9.80 Å². The smallest absolute Gasteiger partial charge is 0.253 e. The van der Waals surface area contributed by atoms with Gasteiger partial charge in [0.2, 0.25) is 0 Å². The molecule has 1 aromatic carbocycles. The van der Waals surface area contributed by atoms with E-state index in [-0.39, 0.29) is 11.7 Å². The molecular weight excluding hydrogens is 216 g/mol. The van der Waals surface area contributed by atoms with E-state index in [4.69, 9.17) is 0 Å². The fourth-order valence-corrected chi connectivity index (χ4v) is 1.41. The highest BCUT2D eigenvalue weighted by Crippen LogP contribution is 2.18. The minimum atomic E-state index is -0.0675. The summed E-state index contributed by atoms with van der Waals surface area (Å²) in [6.07, 6.45) is 0. The summed E-state index contributed by atoms with van der Waals surface area (Å²) in [4.78, 5) is 15.7. The van der Waals surface area contributed by atoms with Crippen molar-refractivity contribution >= 4 is 5.91 Å². The zero-order chi connectivity index (χ0) is 13.0. The Kier molecular flexibility index (Phi) is 4.52. The van der Waals surface area contributed by atoms with Crippen LogP contribution in [-0.2, 0) is 0 Å². The first kappa shape index (κ1) is 13.5. The van der Waals surface area contributed by atoms with Crippen molar-refractivity contribution in [3.8, 4) is 5.75 Å². The van der Waals surface area contributed by atoms with Crippen LogP contribution < -0.4 is 0 Å². The summed E-state index contributed by atoms with van der Waals surface area (Å²) >= 11 is 0. The molecule has 0 atom stereocenters. The molecule has 4 heteroatoms. The average Bonchev–Trinajstić information content (AvgIpc) is 2.28. The molecule has 0 saturated heterocycles. The van der Waals surface area contributed by atoms with Crippen LogP contribution in [0.15, 0.2) is 18.2 Å². The molecule has 0 bridgehead atoms. The van der Waals surface area contributed by atoms with Crippen LogP contribution in [0.2, 0.25) is 0 Å². The highest BCUT2D eigenvalue weighted by molar-refractivity contribution is 5.94. The molecule has 4 nitrogen and oxygen atoms in total. The molecule has 0 saturated carbocycles. The van der Waals surface area contributed by atoms with Gasteiger partial charge in [-0.3, -0.25) is 4.79 Å².